The predicted molar refractivity (Wildman–Crippen MR) is 58.6 cm³/mol. The van der Waals surface area contributed by atoms with Gasteiger partial charge in [-0.1, -0.05) is 0 Å². The van der Waals surface area contributed by atoms with E-state index >= 15 is 0 Å². The van der Waals surface area contributed by atoms with E-state index < -0.39 is 0 Å². The first-order chi connectivity index (χ1) is 7.22. The van der Waals surface area contributed by atoms with Gasteiger partial charge in [0.1, 0.15) is 0 Å². The molecule has 0 saturated heterocycles. The number of aromatic nitrogens is 1. The summed E-state index contributed by atoms with van der Waals surface area (Å²) >= 11 is 0. The van der Waals surface area contributed by atoms with E-state index in [4.69, 9.17) is 5.73 Å². The third kappa shape index (κ3) is 2.21. The molecule has 1 heterocycles. The number of aromatic amines is 1. The fourth-order valence-corrected chi connectivity index (χ4v) is 1.80. The van der Waals surface area contributed by atoms with Crippen molar-refractivity contribution in [3.05, 3.63) is 23.5 Å². The van der Waals surface area contributed by atoms with Crippen LogP contribution >= 0.6 is 0 Å². The molecule has 4 N–H and O–H groups in total. The summed E-state index contributed by atoms with van der Waals surface area (Å²) in [4.78, 5) is 14.8. The molecule has 0 aliphatic heterocycles. The number of aryl methyl sites for hydroxylation is 1. The lowest BCUT2D eigenvalue weighted by atomic mass is 10.1. The second-order valence-corrected chi connectivity index (χ2v) is 4.21. The Morgan fingerprint density at radius 3 is 2.87 bits per heavy atom. The average Bonchev–Trinajstić information content (AvgIpc) is 2.97. The molecule has 2 rings (SSSR count). The molecular formula is C11H17N3O. The molecule has 1 amide bonds. The average molecular weight is 207 g/mol. The van der Waals surface area contributed by atoms with Gasteiger partial charge in [0, 0.05) is 25.0 Å². The summed E-state index contributed by atoms with van der Waals surface area (Å²) in [5.74, 6) is 0.578. The maximum atomic E-state index is 11.8. The van der Waals surface area contributed by atoms with Crippen LogP contribution in [0.25, 0.3) is 0 Å². The molecule has 4 nitrogen and oxygen atoms in total. The molecule has 1 atom stereocenters. The van der Waals surface area contributed by atoms with Gasteiger partial charge in [0.25, 0.3) is 5.91 Å². The van der Waals surface area contributed by atoms with E-state index in [0.717, 1.165) is 5.56 Å². The van der Waals surface area contributed by atoms with Crippen molar-refractivity contribution < 1.29 is 4.79 Å². The Labute approximate surface area is 89.2 Å². The first kappa shape index (κ1) is 10.2. The number of hydrogen-bond acceptors (Lipinski definition) is 2. The molecule has 1 unspecified atom stereocenters. The van der Waals surface area contributed by atoms with Gasteiger partial charge in [-0.3, -0.25) is 4.79 Å². The maximum absolute atomic E-state index is 11.8. The van der Waals surface area contributed by atoms with Crippen LogP contribution in [0.1, 0.15) is 28.8 Å². The summed E-state index contributed by atoms with van der Waals surface area (Å²) in [7, 11) is 0. The molecule has 0 aromatic carbocycles. The minimum Gasteiger partial charge on any atom is -0.367 e. The summed E-state index contributed by atoms with van der Waals surface area (Å²) in [6.07, 6.45) is 5.93. The van der Waals surface area contributed by atoms with Crippen LogP contribution in [-0.2, 0) is 0 Å². The Bertz CT molecular complexity index is 354. The van der Waals surface area contributed by atoms with E-state index in [1.165, 1.54) is 12.8 Å². The highest BCUT2D eigenvalue weighted by Crippen LogP contribution is 2.32. The number of rotatable bonds is 4. The molecule has 0 radical (unpaired) electrons. The van der Waals surface area contributed by atoms with Crippen LogP contribution < -0.4 is 11.1 Å². The molecule has 15 heavy (non-hydrogen) atoms. The second kappa shape index (κ2) is 4.06. The van der Waals surface area contributed by atoms with Crippen LogP contribution in [0.2, 0.25) is 0 Å². The number of carbonyl (C=O) groups excluding carboxylic acids is 1. The maximum Gasteiger partial charge on any atom is 0.253 e. The Hall–Kier alpha value is -1.29. The highest BCUT2D eigenvalue weighted by atomic mass is 16.1. The van der Waals surface area contributed by atoms with E-state index in [2.05, 4.69) is 10.3 Å². The molecule has 1 aliphatic rings. The molecule has 1 saturated carbocycles. The van der Waals surface area contributed by atoms with Gasteiger partial charge in [-0.2, -0.15) is 0 Å². The standard InChI is InChI=1S/C11H17N3O/c1-7-5-13-6-9(7)11(15)14-10(4-12)8-2-3-8/h5-6,8,10,13H,2-4,12H2,1H3,(H,14,15). The van der Waals surface area contributed by atoms with Crippen molar-refractivity contribution in [2.24, 2.45) is 11.7 Å². The van der Waals surface area contributed by atoms with Crippen LogP contribution in [0.15, 0.2) is 12.4 Å². The smallest absolute Gasteiger partial charge is 0.253 e. The fourth-order valence-electron chi connectivity index (χ4n) is 1.80. The molecule has 1 aromatic heterocycles. The van der Waals surface area contributed by atoms with Crippen molar-refractivity contribution >= 4 is 5.91 Å². The second-order valence-electron chi connectivity index (χ2n) is 4.21. The first-order valence-corrected chi connectivity index (χ1v) is 5.36. The molecule has 0 spiro atoms. The van der Waals surface area contributed by atoms with Gasteiger partial charge in [-0.15, -0.1) is 0 Å². The van der Waals surface area contributed by atoms with Gasteiger partial charge in [-0.05, 0) is 31.2 Å². The minimum atomic E-state index is -0.0175. The number of amides is 1. The predicted octanol–water partition coefficient (Wildman–Crippen LogP) is 0.790. The summed E-state index contributed by atoms with van der Waals surface area (Å²) in [5.41, 5.74) is 7.32. The third-order valence-corrected chi connectivity index (χ3v) is 2.96. The van der Waals surface area contributed by atoms with E-state index in [9.17, 15) is 4.79 Å². The topological polar surface area (TPSA) is 70.9 Å². The zero-order valence-corrected chi connectivity index (χ0v) is 8.92. The van der Waals surface area contributed by atoms with Gasteiger partial charge in [0.2, 0.25) is 0 Å². The summed E-state index contributed by atoms with van der Waals surface area (Å²) in [5, 5.41) is 2.99. The van der Waals surface area contributed by atoms with Crippen molar-refractivity contribution in [1.29, 1.82) is 0 Å². The number of hydrogen-bond donors (Lipinski definition) is 3. The molecule has 4 heteroatoms. The van der Waals surface area contributed by atoms with Crippen molar-refractivity contribution in [3.63, 3.8) is 0 Å². The van der Waals surface area contributed by atoms with E-state index in [0.29, 0.717) is 18.0 Å². The number of nitrogens with one attached hydrogen (secondary N) is 2. The SMILES string of the molecule is Cc1c[nH]cc1C(=O)NC(CN)C1CC1. The Balaban J connectivity index is 1.99. The van der Waals surface area contributed by atoms with Crippen molar-refractivity contribution in [1.82, 2.24) is 10.3 Å². The molecule has 0 bridgehead atoms. The molecule has 1 aromatic rings. The van der Waals surface area contributed by atoms with E-state index in [1.54, 1.807) is 6.20 Å². The quantitative estimate of drug-likeness (QED) is 0.683. The van der Waals surface area contributed by atoms with Gasteiger partial charge in [-0.25, -0.2) is 0 Å². The highest BCUT2D eigenvalue weighted by Gasteiger charge is 2.31. The van der Waals surface area contributed by atoms with Crippen LogP contribution in [0, 0.1) is 12.8 Å². The zero-order chi connectivity index (χ0) is 10.8. The van der Waals surface area contributed by atoms with Gasteiger partial charge >= 0.3 is 0 Å². The Kier molecular flexibility index (Phi) is 2.77. The lowest BCUT2D eigenvalue weighted by molar-refractivity contribution is 0.0933. The lowest BCUT2D eigenvalue weighted by Gasteiger charge is -2.15. The number of nitrogens with two attached hydrogens (primary N) is 1. The van der Waals surface area contributed by atoms with Gasteiger partial charge < -0.3 is 16.0 Å². The zero-order valence-electron chi connectivity index (χ0n) is 8.92. The van der Waals surface area contributed by atoms with Crippen molar-refractivity contribution in [2.45, 2.75) is 25.8 Å². The third-order valence-electron chi connectivity index (χ3n) is 2.96. The molecular weight excluding hydrogens is 190 g/mol. The first-order valence-electron chi connectivity index (χ1n) is 5.36. The van der Waals surface area contributed by atoms with E-state index in [-0.39, 0.29) is 11.9 Å². The van der Waals surface area contributed by atoms with Gasteiger partial charge in [0.05, 0.1) is 5.56 Å². The lowest BCUT2D eigenvalue weighted by Crippen LogP contribution is -2.41. The van der Waals surface area contributed by atoms with Crippen LogP contribution in [-0.4, -0.2) is 23.5 Å². The minimum absolute atomic E-state index is 0.0175. The van der Waals surface area contributed by atoms with Crippen LogP contribution in [0.5, 0.6) is 0 Å². The molecule has 1 fully saturated rings. The van der Waals surface area contributed by atoms with E-state index in [1.807, 2.05) is 13.1 Å². The van der Waals surface area contributed by atoms with Crippen LogP contribution in [0.4, 0.5) is 0 Å². The largest absolute Gasteiger partial charge is 0.367 e. The number of carbonyl (C=O) groups is 1. The van der Waals surface area contributed by atoms with Crippen molar-refractivity contribution in [3.8, 4) is 0 Å². The summed E-state index contributed by atoms with van der Waals surface area (Å²) in [6, 6.07) is 0.145. The summed E-state index contributed by atoms with van der Waals surface area (Å²) in [6.45, 7) is 2.44. The highest BCUT2D eigenvalue weighted by molar-refractivity contribution is 5.95. The fraction of sp³-hybridized carbons (Fsp3) is 0.545. The Morgan fingerprint density at radius 2 is 2.40 bits per heavy atom. The molecule has 82 valence electrons. The van der Waals surface area contributed by atoms with Crippen LogP contribution in [0.3, 0.4) is 0 Å². The van der Waals surface area contributed by atoms with Crippen molar-refractivity contribution in [2.75, 3.05) is 6.54 Å². The molecule has 1 aliphatic carbocycles. The monoisotopic (exact) mass is 207 g/mol. The number of H-pyrrole nitrogens is 1. The summed E-state index contributed by atoms with van der Waals surface area (Å²) < 4.78 is 0. The van der Waals surface area contributed by atoms with Gasteiger partial charge in [0.15, 0.2) is 0 Å². The normalized spacial score (nSPS) is 17.5. The Morgan fingerprint density at radius 1 is 1.67 bits per heavy atom.